The van der Waals surface area contributed by atoms with Gasteiger partial charge in [-0.15, -0.1) is 0 Å². The van der Waals surface area contributed by atoms with Gasteiger partial charge in [0.25, 0.3) is 0 Å². The summed E-state index contributed by atoms with van der Waals surface area (Å²) in [5, 5.41) is 8.57. The normalized spacial score (nSPS) is 23.1. The summed E-state index contributed by atoms with van der Waals surface area (Å²) < 4.78 is 5.94. The topological polar surface area (TPSA) is 46.5 Å². The predicted molar refractivity (Wildman–Crippen MR) is 79.3 cm³/mol. The van der Waals surface area contributed by atoms with Gasteiger partial charge in [-0.25, -0.2) is 4.79 Å². The molecule has 108 valence electrons. The molecule has 1 aromatic carbocycles. The van der Waals surface area contributed by atoms with Crippen LogP contribution < -0.4 is 0 Å². The second-order valence-electron chi connectivity index (χ2n) is 5.61. The Morgan fingerprint density at radius 1 is 1.25 bits per heavy atom. The highest BCUT2D eigenvalue weighted by Crippen LogP contribution is 2.26. The van der Waals surface area contributed by atoms with Crippen molar-refractivity contribution in [1.82, 2.24) is 0 Å². The first-order valence-electron chi connectivity index (χ1n) is 7.25. The number of benzene rings is 1. The van der Waals surface area contributed by atoms with Crippen LogP contribution in [0.25, 0.3) is 6.08 Å². The van der Waals surface area contributed by atoms with E-state index < -0.39 is 5.97 Å². The summed E-state index contributed by atoms with van der Waals surface area (Å²) in [6, 6.07) is 7.82. The second-order valence-corrected chi connectivity index (χ2v) is 5.61. The lowest BCUT2D eigenvalue weighted by molar-refractivity contribution is -0.131. The van der Waals surface area contributed by atoms with Gasteiger partial charge < -0.3 is 9.84 Å². The predicted octanol–water partition coefficient (Wildman–Crippen LogP) is 3.88. The Bertz CT molecular complexity index is 454. The molecule has 3 nitrogen and oxygen atoms in total. The molecular weight excluding hydrogens is 252 g/mol. The number of rotatable bonds is 5. The van der Waals surface area contributed by atoms with Crippen molar-refractivity contribution in [3.05, 3.63) is 41.5 Å². The molecule has 1 fully saturated rings. The van der Waals surface area contributed by atoms with Crippen molar-refractivity contribution in [3.8, 4) is 0 Å². The molecule has 0 unspecified atom stereocenters. The van der Waals surface area contributed by atoms with Gasteiger partial charge in [-0.3, -0.25) is 0 Å². The quantitative estimate of drug-likeness (QED) is 0.829. The van der Waals surface area contributed by atoms with Gasteiger partial charge in [0.05, 0.1) is 12.7 Å². The SMILES string of the molecule is CC1CCC(OCc2ccc(C=CC(=O)O)cc2)CC1. The average molecular weight is 274 g/mol. The third kappa shape index (κ3) is 4.82. The first-order chi connectivity index (χ1) is 9.63. The minimum absolute atomic E-state index is 0.401. The monoisotopic (exact) mass is 274 g/mol. The summed E-state index contributed by atoms with van der Waals surface area (Å²) in [5.41, 5.74) is 2.03. The van der Waals surface area contributed by atoms with Gasteiger partial charge >= 0.3 is 5.97 Å². The highest BCUT2D eigenvalue weighted by atomic mass is 16.5. The van der Waals surface area contributed by atoms with Crippen LogP contribution in [0.3, 0.4) is 0 Å². The fraction of sp³-hybridized carbons (Fsp3) is 0.471. The molecule has 0 amide bonds. The maximum Gasteiger partial charge on any atom is 0.328 e. The van der Waals surface area contributed by atoms with Gasteiger partial charge in [0.2, 0.25) is 0 Å². The molecule has 0 heterocycles. The maximum absolute atomic E-state index is 10.4. The molecule has 0 radical (unpaired) electrons. The van der Waals surface area contributed by atoms with Crippen LogP contribution in [-0.4, -0.2) is 17.2 Å². The molecule has 0 spiro atoms. The number of carbonyl (C=O) groups is 1. The van der Waals surface area contributed by atoms with Gasteiger partial charge in [0.1, 0.15) is 0 Å². The number of ether oxygens (including phenoxy) is 1. The number of hydrogen-bond acceptors (Lipinski definition) is 2. The van der Waals surface area contributed by atoms with Gasteiger partial charge in [-0.1, -0.05) is 31.2 Å². The van der Waals surface area contributed by atoms with E-state index in [1.54, 1.807) is 6.08 Å². The van der Waals surface area contributed by atoms with Crippen molar-refractivity contribution in [2.75, 3.05) is 0 Å². The summed E-state index contributed by atoms with van der Waals surface area (Å²) in [6.07, 6.45) is 8.01. The van der Waals surface area contributed by atoms with Crippen LogP contribution in [0.2, 0.25) is 0 Å². The van der Waals surface area contributed by atoms with Crippen LogP contribution in [0.5, 0.6) is 0 Å². The molecule has 3 heteroatoms. The molecule has 0 aromatic heterocycles. The highest BCUT2D eigenvalue weighted by molar-refractivity contribution is 5.85. The highest BCUT2D eigenvalue weighted by Gasteiger charge is 2.18. The van der Waals surface area contributed by atoms with Crippen molar-refractivity contribution in [2.24, 2.45) is 5.92 Å². The van der Waals surface area contributed by atoms with E-state index in [1.807, 2.05) is 24.3 Å². The van der Waals surface area contributed by atoms with Crippen molar-refractivity contribution in [1.29, 1.82) is 0 Å². The summed E-state index contributed by atoms with van der Waals surface area (Å²) in [4.78, 5) is 10.4. The molecule has 2 rings (SSSR count). The van der Waals surface area contributed by atoms with Gasteiger partial charge in [0, 0.05) is 6.08 Å². The van der Waals surface area contributed by atoms with Crippen LogP contribution in [0.15, 0.2) is 30.3 Å². The Balaban J connectivity index is 1.80. The van der Waals surface area contributed by atoms with Crippen LogP contribution in [0.1, 0.15) is 43.7 Å². The molecule has 0 atom stereocenters. The summed E-state index contributed by atoms with van der Waals surface area (Å²) in [6.45, 7) is 2.95. The molecule has 0 bridgehead atoms. The van der Waals surface area contributed by atoms with E-state index in [2.05, 4.69) is 6.92 Å². The lowest BCUT2D eigenvalue weighted by atomic mass is 9.89. The summed E-state index contributed by atoms with van der Waals surface area (Å²) in [7, 11) is 0. The first-order valence-corrected chi connectivity index (χ1v) is 7.25. The van der Waals surface area contributed by atoms with Gasteiger partial charge in [-0.2, -0.15) is 0 Å². The zero-order valence-corrected chi connectivity index (χ0v) is 11.9. The van der Waals surface area contributed by atoms with Crippen LogP contribution in [0.4, 0.5) is 0 Å². The minimum Gasteiger partial charge on any atom is -0.478 e. The molecule has 1 aromatic rings. The van der Waals surface area contributed by atoms with E-state index in [0.29, 0.717) is 12.7 Å². The number of carboxylic acid groups (broad SMARTS) is 1. The fourth-order valence-corrected chi connectivity index (χ4v) is 2.50. The molecule has 1 aliphatic rings. The Morgan fingerprint density at radius 2 is 1.90 bits per heavy atom. The van der Waals surface area contributed by atoms with Crippen molar-refractivity contribution < 1.29 is 14.6 Å². The number of hydrogen-bond donors (Lipinski definition) is 1. The van der Waals surface area contributed by atoms with Crippen molar-refractivity contribution in [3.63, 3.8) is 0 Å². The largest absolute Gasteiger partial charge is 0.478 e. The van der Waals surface area contributed by atoms with Crippen molar-refractivity contribution >= 4 is 12.0 Å². The summed E-state index contributed by atoms with van der Waals surface area (Å²) >= 11 is 0. The lowest BCUT2D eigenvalue weighted by Crippen LogP contribution is -2.20. The summed E-state index contributed by atoms with van der Waals surface area (Å²) in [5.74, 6) is -0.0842. The Hall–Kier alpha value is -1.61. The first kappa shape index (κ1) is 14.8. The molecular formula is C17H22O3. The molecule has 0 saturated heterocycles. The van der Waals surface area contributed by atoms with Gasteiger partial charge in [0.15, 0.2) is 0 Å². The standard InChI is InChI=1S/C17H22O3/c1-13-2-9-16(10-3-13)20-12-15-6-4-14(5-7-15)8-11-17(18)19/h4-8,11,13,16H,2-3,9-10,12H2,1H3,(H,18,19). The average Bonchev–Trinajstić information content (AvgIpc) is 2.45. The van der Waals surface area contributed by atoms with Gasteiger partial charge in [-0.05, 0) is 48.8 Å². The smallest absolute Gasteiger partial charge is 0.328 e. The minimum atomic E-state index is -0.927. The number of aliphatic carboxylic acids is 1. The maximum atomic E-state index is 10.4. The Morgan fingerprint density at radius 3 is 2.50 bits per heavy atom. The van der Waals surface area contributed by atoms with Crippen LogP contribution in [0, 0.1) is 5.92 Å². The third-order valence-corrected chi connectivity index (χ3v) is 3.85. The molecule has 1 aliphatic carbocycles. The zero-order chi connectivity index (χ0) is 14.4. The molecule has 0 aliphatic heterocycles. The fourth-order valence-electron chi connectivity index (χ4n) is 2.50. The zero-order valence-electron chi connectivity index (χ0n) is 11.9. The van der Waals surface area contributed by atoms with E-state index in [4.69, 9.17) is 9.84 Å². The van der Waals surface area contributed by atoms with E-state index >= 15 is 0 Å². The van der Waals surface area contributed by atoms with E-state index in [0.717, 1.165) is 23.1 Å². The van der Waals surface area contributed by atoms with E-state index in [-0.39, 0.29) is 0 Å². The molecule has 1 saturated carbocycles. The molecule has 20 heavy (non-hydrogen) atoms. The van der Waals surface area contributed by atoms with E-state index in [1.165, 1.54) is 25.7 Å². The second kappa shape index (κ2) is 7.25. The Labute approximate surface area is 120 Å². The third-order valence-electron chi connectivity index (χ3n) is 3.85. The number of carboxylic acids is 1. The lowest BCUT2D eigenvalue weighted by Gasteiger charge is -2.26. The van der Waals surface area contributed by atoms with Crippen LogP contribution >= 0.6 is 0 Å². The van der Waals surface area contributed by atoms with E-state index in [9.17, 15) is 4.79 Å². The molecule has 1 N–H and O–H groups in total. The van der Waals surface area contributed by atoms with Crippen molar-refractivity contribution in [2.45, 2.75) is 45.3 Å². The Kier molecular flexibility index (Phi) is 5.36. The van der Waals surface area contributed by atoms with Crippen LogP contribution in [-0.2, 0) is 16.1 Å².